The number of carbonyl (C=O) groups excluding carboxylic acids is 1. The minimum absolute atomic E-state index is 0.0179. The second-order valence-electron chi connectivity index (χ2n) is 4.39. The molecule has 0 bridgehead atoms. The molecule has 1 aliphatic heterocycles. The summed E-state index contributed by atoms with van der Waals surface area (Å²) in [5, 5.41) is 22.7. The Morgan fingerprint density at radius 2 is 2.24 bits per heavy atom. The highest BCUT2D eigenvalue weighted by molar-refractivity contribution is 5.75. The van der Waals surface area contributed by atoms with Gasteiger partial charge in [-0.15, -0.1) is 0 Å². The smallest absolute Gasteiger partial charge is 0.332 e. The van der Waals surface area contributed by atoms with Crippen LogP contribution in [0.5, 0.6) is 0 Å². The first-order valence-electron chi connectivity index (χ1n) is 5.47. The molecule has 2 amide bonds. The van der Waals surface area contributed by atoms with E-state index in [4.69, 9.17) is 14.9 Å². The van der Waals surface area contributed by atoms with E-state index in [1.807, 2.05) is 6.92 Å². The minimum Gasteiger partial charge on any atom is -0.479 e. The average molecular weight is 246 g/mol. The fourth-order valence-corrected chi connectivity index (χ4v) is 1.53. The van der Waals surface area contributed by atoms with E-state index in [1.54, 1.807) is 0 Å². The summed E-state index contributed by atoms with van der Waals surface area (Å²) in [6.07, 6.45) is -0.713. The summed E-state index contributed by atoms with van der Waals surface area (Å²) in [6.45, 7) is 3.08. The van der Waals surface area contributed by atoms with Crippen LogP contribution in [0.1, 0.15) is 19.8 Å². The van der Waals surface area contributed by atoms with Crippen molar-refractivity contribution in [3.8, 4) is 0 Å². The van der Waals surface area contributed by atoms with Gasteiger partial charge in [0.1, 0.15) is 0 Å². The molecule has 2 atom stereocenters. The van der Waals surface area contributed by atoms with Crippen LogP contribution >= 0.6 is 0 Å². The van der Waals surface area contributed by atoms with Crippen LogP contribution in [0, 0.1) is 0 Å². The number of carboxylic acid groups (broad SMARTS) is 1. The predicted molar refractivity (Wildman–Crippen MR) is 58.6 cm³/mol. The lowest BCUT2D eigenvalue weighted by molar-refractivity contribution is -0.146. The number of nitrogens with one attached hydrogen (secondary N) is 2. The third-order valence-corrected chi connectivity index (χ3v) is 2.62. The van der Waals surface area contributed by atoms with E-state index in [0.717, 1.165) is 6.42 Å². The van der Waals surface area contributed by atoms with Gasteiger partial charge in [0, 0.05) is 19.6 Å². The molecule has 4 N–H and O–H groups in total. The van der Waals surface area contributed by atoms with Crippen LogP contribution in [0.3, 0.4) is 0 Å². The first-order chi connectivity index (χ1) is 7.93. The maximum absolute atomic E-state index is 11.4. The van der Waals surface area contributed by atoms with Crippen molar-refractivity contribution in [2.45, 2.75) is 31.4 Å². The Hall–Kier alpha value is -1.34. The van der Waals surface area contributed by atoms with Gasteiger partial charge in [0.15, 0.2) is 6.10 Å². The predicted octanol–water partition coefficient (Wildman–Crippen LogP) is -0.700. The van der Waals surface area contributed by atoms with Crippen LogP contribution in [0.2, 0.25) is 0 Å². The molecule has 1 saturated heterocycles. The summed E-state index contributed by atoms with van der Waals surface area (Å²) in [7, 11) is 0. The van der Waals surface area contributed by atoms with E-state index in [-0.39, 0.29) is 24.5 Å². The maximum atomic E-state index is 11.4. The van der Waals surface area contributed by atoms with Crippen molar-refractivity contribution in [2.24, 2.45) is 0 Å². The number of rotatable bonds is 5. The molecule has 7 heteroatoms. The lowest BCUT2D eigenvalue weighted by Gasteiger charge is -2.23. The molecule has 7 nitrogen and oxygen atoms in total. The zero-order chi connectivity index (χ0) is 12.9. The summed E-state index contributed by atoms with van der Waals surface area (Å²) in [4.78, 5) is 21.8. The van der Waals surface area contributed by atoms with Gasteiger partial charge in [-0.25, -0.2) is 9.59 Å². The standard InChI is InChI=1S/C10H18N2O5/c1-10(3-5-17-6-10)12-9(16)11-4-2-7(13)8(14)15/h7,13H,2-6H2,1H3,(H,14,15)(H2,11,12,16). The van der Waals surface area contributed by atoms with Crippen molar-refractivity contribution in [1.82, 2.24) is 10.6 Å². The monoisotopic (exact) mass is 246 g/mol. The number of aliphatic carboxylic acids is 1. The molecule has 17 heavy (non-hydrogen) atoms. The summed E-state index contributed by atoms with van der Waals surface area (Å²) < 4.78 is 5.17. The van der Waals surface area contributed by atoms with Crippen LogP contribution in [0.25, 0.3) is 0 Å². The van der Waals surface area contributed by atoms with Crippen LogP contribution in [0.15, 0.2) is 0 Å². The molecule has 0 spiro atoms. The number of amides is 2. The van der Waals surface area contributed by atoms with E-state index < -0.39 is 12.1 Å². The molecule has 98 valence electrons. The van der Waals surface area contributed by atoms with Crippen molar-refractivity contribution in [2.75, 3.05) is 19.8 Å². The van der Waals surface area contributed by atoms with Gasteiger partial charge < -0.3 is 25.6 Å². The molecular weight excluding hydrogens is 228 g/mol. The third kappa shape index (κ3) is 4.58. The number of ether oxygens (including phenoxy) is 1. The first-order valence-corrected chi connectivity index (χ1v) is 5.47. The Morgan fingerprint density at radius 3 is 2.76 bits per heavy atom. The Bertz CT molecular complexity index is 288. The Morgan fingerprint density at radius 1 is 1.53 bits per heavy atom. The second-order valence-corrected chi connectivity index (χ2v) is 4.39. The number of aliphatic hydroxyl groups is 1. The molecule has 1 fully saturated rings. The van der Waals surface area contributed by atoms with Crippen molar-refractivity contribution in [3.63, 3.8) is 0 Å². The lowest BCUT2D eigenvalue weighted by atomic mass is 10.0. The molecule has 0 saturated carbocycles. The highest BCUT2D eigenvalue weighted by atomic mass is 16.5. The molecule has 0 aromatic heterocycles. The number of urea groups is 1. The second kappa shape index (κ2) is 5.83. The largest absolute Gasteiger partial charge is 0.479 e. The van der Waals surface area contributed by atoms with Crippen LogP contribution in [0.4, 0.5) is 4.79 Å². The van der Waals surface area contributed by atoms with E-state index in [9.17, 15) is 9.59 Å². The zero-order valence-electron chi connectivity index (χ0n) is 9.73. The van der Waals surface area contributed by atoms with Crippen LogP contribution in [-0.4, -0.2) is 53.6 Å². The Kier molecular flexibility index (Phi) is 4.71. The van der Waals surface area contributed by atoms with Crippen LogP contribution in [-0.2, 0) is 9.53 Å². The molecule has 0 radical (unpaired) electrons. The van der Waals surface area contributed by atoms with E-state index in [0.29, 0.717) is 13.2 Å². The quantitative estimate of drug-likeness (QED) is 0.513. The highest BCUT2D eigenvalue weighted by Gasteiger charge is 2.31. The van der Waals surface area contributed by atoms with Gasteiger partial charge in [-0.05, 0) is 13.3 Å². The third-order valence-electron chi connectivity index (χ3n) is 2.62. The van der Waals surface area contributed by atoms with Crippen LogP contribution < -0.4 is 10.6 Å². The maximum Gasteiger partial charge on any atom is 0.332 e. The van der Waals surface area contributed by atoms with Gasteiger partial charge >= 0.3 is 12.0 Å². The van der Waals surface area contributed by atoms with E-state index in [2.05, 4.69) is 10.6 Å². The fourth-order valence-electron chi connectivity index (χ4n) is 1.53. The number of hydrogen-bond acceptors (Lipinski definition) is 4. The van der Waals surface area contributed by atoms with Gasteiger partial charge in [-0.2, -0.15) is 0 Å². The fraction of sp³-hybridized carbons (Fsp3) is 0.800. The molecule has 0 aromatic rings. The van der Waals surface area contributed by atoms with Gasteiger partial charge in [0.05, 0.1) is 12.1 Å². The number of carboxylic acids is 1. The lowest BCUT2D eigenvalue weighted by Crippen LogP contribution is -2.51. The molecular formula is C10H18N2O5. The summed E-state index contributed by atoms with van der Waals surface area (Å²) in [6, 6.07) is -0.379. The Labute approximate surface area is 99.1 Å². The molecule has 1 rings (SSSR count). The molecule has 1 aliphatic rings. The average Bonchev–Trinajstić information content (AvgIpc) is 2.64. The topological polar surface area (TPSA) is 108 Å². The van der Waals surface area contributed by atoms with E-state index >= 15 is 0 Å². The van der Waals surface area contributed by atoms with Crippen molar-refractivity contribution in [1.29, 1.82) is 0 Å². The summed E-state index contributed by atoms with van der Waals surface area (Å²) in [5.74, 6) is -1.29. The van der Waals surface area contributed by atoms with Gasteiger partial charge in [0.2, 0.25) is 0 Å². The first kappa shape index (κ1) is 13.7. The van der Waals surface area contributed by atoms with Gasteiger partial charge in [-0.1, -0.05) is 0 Å². The summed E-state index contributed by atoms with van der Waals surface area (Å²) >= 11 is 0. The van der Waals surface area contributed by atoms with Gasteiger partial charge in [0.25, 0.3) is 0 Å². The van der Waals surface area contributed by atoms with Gasteiger partial charge in [-0.3, -0.25) is 0 Å². The number of hydrogen-bond donors (Lipinski definition) is 4. The molecule has 0 aromatic carbocycles. The zero-order valence-corrected chi connectivity index (χ0v) is 9.73. The summed E-state index contributed by atoms with van der Waals surface area (Å²) in [5.41, 5.74) is -0.366. The molecule has 1 heterocycles. The minimum atomic E-state index is -1.44. The highest BCUT2D eigenvalue weighted by Crippen LogP contribution is 2.16. The van der Waals surface area contributed by atoms with Crippen molar-refractivity contribution in [3.05, 3.63) is 0 Å². The SMILES string of the molecule is CC1(NC(=O)NCCC(O)C(=O)O)CCOC1. The van der Waals surface area contributed by atoms with Crippen molar-refractivity contribution < 1.29 is 24.5 Å². The number of carbonyl (C=O) groups is 2. The molecule has 0 aliphatic carbocycles. The number of aliphatic hydroxyl groups excluding tert-OH is 1. The van der Waals surface area contributed by atoms with Crippen molar-refractivity contribution >= 4 is 12.0 Å². The normalized spacial score (nSPS) is 25.3. The molecule has 2 unspecified atom stereocenters. The Balaban J connectivity index is 2.19. The van der Waals surface area contributed by atoms with E-state index in [1.165, 1.54) is 0 Å².